The van der Waals surface area contributed by atoms with Gasteiger partial charge in [0.25, 0.3) is 0 Å². The van der Waals surface area contributed by atoms with Crippen molar-refractivity contribution in [1.82, 2.24) is 0 Å². The molecule has 0 saturated heterocycles. The van der Waals surface area contributed by atoms with Crippen LogP contribution >= 0.6 is 0 Å². The van der Waals surface area contributed by atoms with E-state index >= 15 is 0 Å². The second-order valence-corrected chi connectivity index (χ2v) is 3.75. The third-order valence-corrected chi connectivity index (χ3v) is 2.75. The van der Waals surface area contributed by atoms with E-state index in [0.717, 1.165) is 17.7 Å². The Labute approximate surface area is 89.6 Å². The molecule has 2 heteroatoms. The number of rotatable bonds is 2. The number of carbonyl (C=O) groups excluding carboxylic acids is 1. The topological polar surface area (TPSA) is 26.3 Å². The molecule has 0 aliphatic heterocycles. The van der Waals surface area contributed by atoms with Crippen LogP contribution in [0.3, 0.4) is 0 Å². The lowest BCUT2D eigenvalue weighted by Gasteiger charge is -2.19. The van der Waals surface area contributed by atoms with Crippen molar-refractivity contribution in [2.45, 2.75) is 18.8 Å². The predicted octanol–water partition coefficient (Wildman–Crippen LogP) is 2.70. The molecule has 2 nitrogen and oxygen atoms in total. The van der Waals surface area contributed by atoms with Gasteiger partial charge in [0.2, 0.25) is 0 Å². The Kier molecular flexibility index (Phi) is 2.86. The largest absolute Gasteiger partial charge is 0.496 e. The highest BCUT2D eigenvalue weighted by molar-refractivity contribution is 5.91. The van der Waals surface area contributed by atoms with Gasteiger partial charge in [0.05, 0.1) is 7.11 Å². The van der Waals surface area contributed by atoms with Gasteiger partial charge in [0.1, 0.15) is 5.75 Å². The fourth-order valence-electron chi connectivity index (χ4n) is 2.00. The summed E-state index contributed by atoms with van der Waals surface area (Å²) in [5, 5.41) is 0. The van der Waals surface area contributed by atoms with Crippen LogP contribution < -0.4 is 4.74 Å². The molecule has 0 N–H and O–H groups in total. The SMILES string of the molecule is COc1ccccc1C1CC=CC(=O)C1. The molecule has 1 aliphatic carbocycles. The monoisotopic (exact) mass is 202 g/mol. The van der Waals surface area contributed by atoms with E-state index in [0.29, 0.717) is 6.42 Å². The van der Waals surface area contributed by atoms with Crippen molar-refractivity contribution in [3.05, 3.63) is 42.0 Å². The first-order chi connectivity index (χ1) is 7.31. The molecule has 15 heavy (non-hydrogen) atoms. The van der Waals surface area contributed by atoms with E-state index in [4.69, 9.17) is 4.74 Å². The highest BCUT2D eigenvalue weighted by Gasteiger charge is 2.19. The average molecular weight is 202 g/mol. The van der Waals surface area contributed by atoms with Gasteiger partial charge in [-0.2, -0.15) is 0 Å². The van der Waals surface area contributed by atoms with E-state index in [1.54, 1.807) is 13.2 Å². The van der Waals surface area contributed by atoms with Gasteiger partial charge in [-0.25, -0.2) is 0 Å². The fourth-order valence-corrected chi connectivity index (χ4v) is 2.00. The van der Waals surface area contributed by atoms with Gasteiger partial charge < -0.3 is 4.74 Å². The Bertz CT molecular complexity index is 393. The smallest absolute Gasteiger partial charge is 0.155 e. The number of hydrogen-bond donors (Lipinski definition) is 0. The number of methoxy groups -OCH3 is 1. The van der Waals surface area contributed by atoms with Crippen LogP contribution in [0.1, 0.15) is 24.3 Å². The number of ketones is 1. The lowest BCUT2D eigenvalue weighted by molar-refractivity contribution is -0.115. The van der Waals surface area contributed by atoms with Crippen LogP contribution in [-0.2, 0) is 4.79 Å². The molecule has 1 aromatic rings. The first-order valence-electron chi connectivity index (χ1n) is 5.13. The molecule has 0 radical (unpaired) electrons. The maximum atomic E-state index is 11.3. The van der Waals surface area contributed by atoms with E-state index in [9.17, 15) is 4.79 Å². The number of para-hydroxylation sites is 1. The first-order valence-corrected chi connectivity index (χ1v) is 5.13. The van der Waals surface area contributed by atoms with Crippen molar-refractivity contribution in [3.63, 3.8) is 0 Å². The van der Waals surface area contributed by atoms with Crippen molar-refractivity contribution in [3.8, 4) is 5.75 Å². The van der Waals surface area contributed by atoms with Crippen LogP contribution in [0.5, 0.6) is 5.75 Å². The Morgan fingerprint density at radius 2 is 2.13 bits per heavy atom. The van der Waals surface area contributed by atoms with Gasteiger partial charge in [-0.3, -0.25) is 4.79 Å². The zero-order chi connectivity index (χ0) is 10.7. The molecule has 0 saturated carbocycles. The molecule has 0 fully saturated rings. The summed E-state index contributed by atoms with van der Waals surface area (Å²) < 4.78 is 5.30. The summed E-state index contributed by atoms with van der Waals surface area (Å²) in [6.07, 6.45) is 5.14. The normalized spacial score (nSPS) is 20.3. The van der Waals surface area contributed by atoms with Gasteiger partial charge in [-0.15, -0.1) is 0 Å². The van der Waals surface area contributed by atoms with Gasteiger partial charge in [-0.05, 0) is 30.0 Å². The van der Waals surface area contributed by atoms with Crippen LogP contribution in [-0.4, -0.2) is 12.9 Å². The molecular formula is C13H14O2. The van der Waals surface area contributed by atoms with Crippen molar-refractivity contribution in [2.24, 2.45) is 0 Å². The minimum atomic E-state index is 0.206. The summed E-state index contributed by atoms with van der Waals surface area (Å²) in [7, 11) is 1.67. The van der Waals surface area contributed by atoms with Gasteiger partial charge in [0, 0.05) is 6.42 Å². The lowest BCUT2D eigenvalue weighted by Crippen LogP contribution is -2.09. The van der Waals surface area contributed by atoms with Crippen LogP contribution in [0.4, 0.5) is 0 Å². The molecule has 0 spiro atoms. The van der Waals surface area contributed by atoms with Crippen LogP contribution in [0.15, 0.2) is 36.4 Å². The predicted molar refractivity (Wildman–Crippen MR) is 59.1 cm³/mol. The Hall–Kier alpha value is -1.57. The van der Waals surface area contributed by atoms with E-state index < -0.39 is 0 Å². The molecule has 1 aromatic carbocycles. The van der Waals surface area contributed by atoms with Crippen molar-refractivity contribution in [1.29, 1.82) is 0 Å². The number of ether oxygens (including phenoxy) is 1. The Morgan fingerprint density at radius 3 is 2.87 bits per heavy atom. The molecule has 2 rings (SSSR count). The third kappa shape index (κ3) is 2.09. The highest BCUT2D eigenvalue weighted by Crippen LogP contribution is 2.33. The molecule has 1 aliphatic rings. The molecule has 0 aromatic heterocycles. The van der Waals surface area contributed by atoms with E-state index in [-0.39, 0.29) is 11.7 Å². The third-order valence-electron chi connectivity index (χ3n) is 2.75. The number of carbonyl (C=O) groups is 1. The zero-order valence-electron chi connectivity index (χ0n) is 8.77. The standard InChI is InChI=1S/C13H14O2/c1-15-13-8-3-2-7-12(13)10-5-4-6-11(14)9-10/h2-4,6-8,10H,5,9H2,1H3. The summed E-state index contributed by atoms with van der Waals surface area (Å²) in [6.45, 7) is 0. The van der Waals surface area contributed by atoms with Crippen LogP contribution in [0.2, 0.25) is 0 Å². The summed E-state index contributed by atoms with van der Waals surface area (Å²) in [5.41, 5.74) is 1.14. The second kappa shape index (κ2) is 4.30. The summed E-state index contributed by atoms with van der Waals surface area (Å²) in [4.78, 5) is 11.3. The molecule has 0 heterocycles. The first kappa shape index (κ1) is 9.97. The zero-order valence-corrected chi connectivity index (χ0v) is 8.77. The average Bonchev–Trinajstić information content (AvgIpc) is 2.29. The fraction of sp³-hybridized carbons (Fsp3) is 0.308. The van der Waals surface area contributed by atoms with E-state index in [2.05, 4.69) is 0 Å². The number of hydrogen-bond acceptors (Lipinski definition) is 2. The number of benzene rings is 1. The van der Waals surface area contributed by atoms with E-state index in [1.165, 1.54) is 0 Å². The summed E-state index contributed by atoms with van der Waals surface area (Å²) >= 11 is 0. The van der Waals surface area contributed by atoms with Crippen LogP contribution in [0, 0.1) is 0 Å². The Balaban J connectivity index is 2.29. The lowest BCUT2D eigenvalue weighted by atomic mass is 9.87. The molecule has 0 amide bonds. The second-order valence-electron chi connectivity index (χ2n) is 3.75. The molecule has 1 atom stereocenters. The van der Waals surface area contributed by atoms with Gasteiger partial charge in [-0.1, -0.05) is 24.3 Å². The molecule has 78 valence electrons. The van der Waals surface area contributed by atoms with Gasteiger partial charge >= 0.3 is 0 Å². The quantitative estimate of drug-likeness (QED) is 0.737. The minimum absolute atomic E-state index is 0.206. The minimum Gasteiger partial charge on any atom is -0.496 e. The van der Waals surface area contributed by atoms with E-state index in [1.807, 2.05) is 30.3 Å². The van der Waals surface area contributed by atoms with Crippen molar-refractivity contribution in [2.75, 3.05) is 7.11 Å². The van der Waals surface area contributed by atoms with Gasteiger partial charge in [0.15, 0.2) is 5.78 Å². The summed E-state index contributed by atoms with van der Waals surface area (Å²) in [6, 6.07) is 7.91. The Morgan fingerprint density at radius 1 is 1.33 bits per heavy atom. The molecule has 0 bridgehead atoms. The maximum absolute atomic E-state index is 11.3. The molecule has 1 unspecified atom stereocenters. The number of allylic oxidation sites excluding steroid dienone is 2. The maximum Gasteiger partial charge on any atom is 0.155 e. The van der Waals surface area contributed by atoms with Crippen LogP contribution in [0.25, 0.3) is 0 Å². The van der Waals surface area contributed by atoms with Crippen molar-refractivity contribution < 1.29 is 9.53 Å². The van der Waals surface area contributed by atoms with Crippen molar-refractivity contribution >= 4 is 5.78 Å². The molecular weight excluding hydrogens is 188 g/mol. The summed E-state index contributed by atoms with van der Waals surface area (Å²) in [5.74, 6) is 1.36. The highest BCUT2D eigenvalue weighted by atomic mass is 16.5.